The molecule has 0 spiro atoms. The van der Waals surface area contributed by atoms with E-state index in [9.17, 15) is 0 Å². The number of aromatic nitrogens is 2. The van der Waals surface area contributed by atoms with Crippen LogP contribution >= 0.6 is 11.8 Å². The van der Waals surface area contributed by atoms with Gasteiger partial charge in [0.2, 0.25) is 0 Å². The summed E-state index contributed by atoms with van der Waals surface area (Å²) in [6.07, 6.45) is 4.13. The number of nitrogens with zero attached hydrogens (tertiary/aromatic N) is 2. The van der Waals surface area contributed by atoms with Crippen molar-refractivity contribution < 1.29 is 0 Å². The number of hydrogen-bond donors (Lipinski definition) is 1. The zero-order valence-corrected chi connectivity index (χ0v) is 10.5. The standard InChI is InChI=1S/C12H17N3S/c1-9-4-3-5-15-7-11(14-12(9)15)8-16-10(2)6-13/h3-5,7,10H,6,8,13H2,1-2H3. The van der Waals surface area contributed by atoms with Crippen molar-refractivity contribution >= 4 is 17.4 Å². The maximum atomic E-state index is 5.59. The lowest BCUT2D eigenvalue weighted by Gasteiger charge is -2.05. The van der Waals surface area contributed by atoms with Crippen molar-refractivity contribution in [3.8, 4) is 0 Å². The molecule has 86 valence electrons. The molecule has 0 aliphatic carbocycles. The third kappa shape index (κ3) is 2.39. The molecule has 4 heteroatoms. The summed E-state index contributed by atoms with van der Waals surface area (Å²) in [6.45, 7) is 4.95. The number of rotatable bonds is 4. The Hall–Kier alpha value is -1.00. The second-order valence-electron chi connectivity index (χ2n) is 4.01. The molecule has 0 bridgehead atoms. The van der Waals surface area contributed by atoms with Gasteiger partial charge in [-0.25, -0.2) is 4.98 Å². The number of fused-ring (bicyclic) bond motifs is 1. The maximum absolute atomic E-state index is 5.59. The van der Waals surface area contributed by atoms with Gasteiger partial charge in [0.25, 0.3) is 0 Å². The zero-order valence-electron chi connectivity index (χ0n) is 9.68. The molecule has 16 heavy (non-hydrogen) atoms. The maximum Gasteiger partial charge on any atom is 0.139 e. The number of hydrogen-bond acceptors (Lipinski definition) is 3. The van der Waals surface area contributed by atoms with Gasteiger partial charge in [-0.05, 0) is 18.6 Å². The summed E-state index contributed by atoms with van der Waals surface area (Å²) in [5.74, 6) is 0.930. The van der Waals surface area contributed by atoms with Gasteiger partial charge in [0.05, 0.1) is 5.69 Å². The third-order valence-electron chi connectivity index (χ3n) is 2.58. The minimum absolute atomic E-state index is 0.492. The predicted molar refractivity (Wildman–Crippen MR) is 69.7 cm³/mol. The van der Waals surface area contributed by atoms with Crippen molar-refractivity contribution in [1.82, 2.24) is 9.38 Å². The average Bonchev–Trinajstić information content (AvgIpc) is 2.70. The SMILES string of the molecule is Cc1cccn2cc(CSC(C)CN)nc12. The number of thioether (sulfide) groups is 1. The van der Waals surface area contributed by atoms with E-state index in [-0.39, 0.29) is 0 Å². The lowest BCUT2D eigenvalue weighted by molar-refractivity contribution is 0.949. The topological polar surface area (TPSA) is 43.3 Å². The van der Waals surface area contributed by atoms with Crippen LogP contribution in [-0.2, 0) is 5.75 Å². The monoisotopic (exact) mass is 235 g/mol. The molecular weight excluding hydrogens is 218 g/mol. The minimum Gasteiger partial charge on any atom is -0.329 e. The van der Waals surface area contributed by atoms with Gasteiger partial charge in [-0.2, -0.15) is 11.8 Å². The van der Waals surface area contributed by atoms with Crippen molar-refractivity contribution in [2.75, 3.05) is 6.54 Å². The van der Waals surface area contributed by atoms with E-state index in [4.69, 9.17) is 5.73 Å². The summed E-state index contributed by atoms with van der Waals surface area (Å²) in [5, 5.41) is 0.492. The van der Waals surface area contributed by atoms with E-state index in [0.29, 0.717) is 5.25 Å². The van der Waals surface area contributed by atoms with Gasteiger partial charge < -0.3 is 10.1 Å². The second-order valence-corrected chi connectivity index (χ2v) is 5.44. The highest BCUT2D eigenvalue weighted by Crippen LogP contribution is 2.18. The fourth-order valence-corrected chi connectivity index (χ4v) is 2.30. The van der Waals surface area contributed by atoms with Crippen LogP contribution in [0.4, 0.5) is 0 Å². The lowest BCUT2D eigenvalue weighted by Crippen LogP contribution is -2.12. The van der Waals surface area contributed by atoms with Crippen LogP contribution in [0.3, 0.4) is 0 Å². The Morgan fingerprint density at radius 3 is 3.06 bits per heavy atom. The van der Waals surface area contributed by atoms with Crippen LogP contribution in [-0.4, -0.2) is 21.2 Å². The normalized spacial score (nSPS) is 13.2. The van der Waals surface area contributed by atoms with Crippen LogP contribution in [0.5, 0.6) is 0 Å². The number of nitrogens with two attached hydrogens (primary N) is 1. The fourth-order valence-electron chi connectivity index (χ4n) is 1.57. The molecule has 2 aromatic heterocycles. The van der Waals surface area contributed by atoms with E-state index in [1.807, 2.05) is 24.0 Å². The van der Waals surface area contributed by atoms with Crippen LogP contribution in [0.15, 0.2) is 24.5 Å². The number of pyridine rings is 1. The van der Waals surface area contributed by atoms with Crippen molar-refractivity contribution in [2.24, 2.45) is 5.73 Å². The van der Waals surface area contributed by atoms with Crippen LogP contribution in [0.1, 0.15) is 18.2 Å². The second kappa shape index (κ2) is 4.89. The zero-order chi connectivity index (χ0) is 11.5. The number of imidazole rings is 1. The molecule has 0 aliphatic heterocycles. The smallest absolute Gasteiger partial charge is 0.139 e. The molecule has 2 N–H and O–H groups in total. The van der Waals surface area contributed by atoms with E-state index in [1.54, 1.807) is 0 Å². The fraction of sp³-hybridized carbons (Fsp3) is 0.417. The van der Waals surface area contributed by atoms with Gasteiger partial charge in [0.15, 0.2) is 0 Å². The summed E-state index contributed by atoms with van der Waals surface area (Å²) in [4.78, 5) is 4.62. The first kappa shape index (κ1) is 11.5. The molecule has 2 heterocycles. The molecular formula is C12H17N3S. The van der Waals surface area contributed by atoms with Crippen LogP contribution in [0.2, 0.25) is 0 Å². The van der Waals surface area contributed by atoms with Crippen molar-refractivity contribution in [2.45, 2.75) is 24.9 Å². The first-order chi connectivity index (χ1) is 7.70. The molecule has 0 aliphatic rings. The van der Waals surface area contributed by atoms with Gasteiger partial charge in [-0.3, -0.25) is 0 Å². The Morgan fingerprint density at radius 1 is 1.56 bits per heavy atom. The van der Waals surface area contributed by atoms with Gasteiger partial charge >= 0.3 is 0 Å². The summed E-state index contributed by atoms with van der Waals surface area (Å²) < 4.78 is 2.08. The van der Waals surface area contributed by atoms with Crippen LogP contribution in [0.25, 0.3) is 5.65 Å². The molecule has 0 amide bonds. The Balaban J connectivity index is 2.17. The summed E-state index contributed by atoms with van der Waals surface area (Å²) in [5.41, 5.74) is 8.98. The molecule has 0 fully saturated rings. The quantitative estimate of drug-likeness (QED) is 0.883. The molecule has 1 unspecified atom stereocenters. The molecule has 1 atom stereocenters. The highest BCUT2D eigenvalue weighted by atomic mass is 32.2. The Labute approximate surface area is 100 Å². The van der Waals surface area contributed by atoms with Crippen molar-refractivity contribution in [3.05, 3.63) is 35.8 Å². The average molecular weight is 235 g/mol. The largest absolute Gasteiger partial charge is 0.329 e. The molecule has 0 saturated carbocycles. The molecule has 0 saturated heterocycles. The predicted octanol–water partition coefficient (Wildman–Crippen LogP) is 2.22. The first-order valence-electron chi connectivity index (χ1n) is 5.45. The Morgan fingerprint density at radius 2 is 2.38 bits per heavy atom. The van der Waals surface area contributed by atoms with Crippen molar-refractivity contribution in [3.63, 3.8) is 0 Å². The van der Waals surface area contributed by atoms with Crippen molar-refractivity contribution in [1.29, 1.82) is 0 Å². The summed E-state index contributed by atoms with van der Waals surface area (Å²) in [7, 11) is 0. The molecule has 2 rings (SSSR count). The lowest BCUT2D eigenvalue weighted by atomic mass is 10.3. The Kier molecular flexibility index (Phi) is 3.51. The van der Waals surface area contributed by atoms with Crippen LogP contribution in [0, 0.1) is 6.92 Å². The van der Waals surface area contributed by atoms with E-state index >= 15 is 0 Å². The molecule has 0 radical (unpaired) electrons. The highest BCUT2D eigenvalue weighted by Gasteiger charge is 2.05. The minimum atomic E-state index is 0.492. The summed E-state index contributed by atoms with van der Waals surface area (Å²) in [6, 6.07) is 4.13. The molecule has 3 nitrogen and oxygen atoms in total. The van der Waals surface area contributed by atoms with Crippen LogP contribution < -0.4 is 5.73 Å². The van der Waals surface area contributed by atoms with E-state index < -0.39 is 0 Å². The van der Waals surface area contributed by atoms with Gasteiger partial charge in [-0.15, -0.1) is 0 Å². The third-order valence-corrected chi connectivity index (χ3v) is 3.80. The number of aryl methyl sites for hydroxylation is 1. The van der Waals surface area contributed by atoms with Gasteiger partial charge in [0.1, 0.15) is 5.65 Å². The molecule has 0 aromatic carbocycles. The Bertz CT molecular complexity index is 478. The van der Waals surface area contributed by atoms with E-state index in [0.717, 1.165) is 23.6 Å². The van der Waals surface area contributed by atoms with E-state index in [1.165, 1.54) is 5.56 Å². The molecule has 2 aromatic rings. The highest BCUT2D eigenvalue weighted by molar-refractivity contribution is 7.99. The van der Waals surface area contributed by atoms with E-state index in [2.05, 4.69) is 35.5 Å². The van der Waals surface area contributed by atoms with Gasteiger partial charge in [0, 0.05) is 29.9 Å². The summed E-state index contributed by atoms with van der Waals surface area (Å²) >= 11 is 1.85. The van der Waals surface area contributed by atoms with Gasteiger partial charge in [-0.1, -0.05) is 13.0 Å². The first-order valence-corrected chi connectivity index (χ1v) is 6.50.